The zero-order chi connectivity index (χ0) is 13.5. The number of nitro groups is 1. The summed E-state index contributed by atoms with van der Waals surface area (Å²) in [5, 5.41) is 10.5. The Labute approximate surface area is 105 Å². The van der Waals surface area contributed by atoms with E-state index in [-0.39, 0.29) is 18.2 Å². The van der Waals surface area contributed by atoms with Crippen LogP contribution >= 0.6 is 0 Å². The number of carbonyl (C=O) groups excluding carboxylic acids is 1. The normalized spacial score (nSPS) is 9.89. The average molecular weight is 253 g/mol. The molecule has 0 bridgehead atoms. The molecule has 0 radical (unpaired) electrons. The van der Waals surface area contributed by atoms with Crippen LogP contribution in [0.5, 0.6) is 0 Å². The second-order valence-corrected chi connectivity index (χ2v) is 3.63. The summed E-state index contributed by atoms with van der Waals surface area (Å²) in [7, 11) is 1.32. The highest BCUT2D eigenvalue weighted by Gasteiger charge is 2.13. The van der Waals surface area contributed by atoms with E-state index in [9.17, 15) is 14.9 Å². The minimum atomic E-state index is -0.513. The lowest BCUT2D eigenvalue weighted by Gasteiger charge is -2.21. The summed E-state index contributed by atoms with van der Waals surface area (Å²) in [6.45, 7) is 2.67. The third-order valence-corrected chi connectivity index (χ3v) is 2.31. The van der Waals surface area contributed by atoms with E-state index in [1.807, 2.05) is 6.92 Å². The summed E-state index contributed by atoms with van der Waals surface area (Å²) >= 11 is 0. The van der Waals surface area contributed by atoms with Crippen LogP contribution < -0.4 is 4.90 Å². The van der Waals surface area contributed by atoms with Gasteiger partial charge in [-0.3, -0.25) is 14.9 Å². The third kappa shape index (κ3) is 3.69. The Morgan fingerprint density at radius 3 is 2.72 bits per heavy atom. The molecule has 0 amide bonds. The lowest BCUT2D eigenvalue weighted by molar-refractivity contribution is -0.385. The number of nitrogens with zero attached hydrogens (tertiary/aromatic N) is 3. The summed E-state index contributed by atoms with van der Waals surface area (Å²) in [5.74, 6) is 0.149. The second kappa shape index (κ2) is 6.53. The van der Waals surface area contributed by atoms with Gasteiger partial charge in [-0.25, -0.2) is 4.98 Å². The highest BCUT2D eigenvalue weighted by molar-refractivity contribution is 5.75. The van der Waals surface area contributed by atoms with Gasteiger partial charge in [-0.05, 0) is 12.5 Å². The molecule has 1 heterocycles. The van der Waals surface area contributed by atoms with Gasteiger partial charge < -0.3 is 9.64 Å². The quantitative estimate of drug-likeness (QED) is 0.432. The van der Waals surface area contributed by atoms with E-state index in [4.69, 9.17) is 0 Å². The maximum absolute atomic E-state index is 11.2. The molecule has 0 N–H and O–H groups in total. The molecule has 18 heavy (non-hydrogen) atoms. The number of methoxy groups -OCH3 is 1. The van der Waals surface area contributed by atoms with Crippen molar-refractivity contribution in [2.75, 3.05) is 25.1 Å². The summed E-state index contributed by atoms with van der Waals surface area (Å²) in [6, 6.07) is 2.89. The van der Waals surface area contributed by atoms with Gasteiger partial charge in [0.2, 0.25) is 0 Å². The van der Waals surface area contributed by atoms with Crippen molar-refractivity contribution in [3.63, 3.8) is 0 Å². The minimum Gasteiger partial charge on any atom is -0.468 e. The van der Waals surface area contributed by atoms with E-state index in [1.54, 1.807) is 4.90 Å². The molecule has 0 spiro atoms. The van der Waals surface area contributed by atoms with Crippen molar-refractivity contribution < 1.29 is 14.5 Å². The lowest BCUT2D eigenvalue weighted by atomic mass is 10.3. The van der Waals surface area contributed by atoms with Gasteiger partial charge in [0.05, 0.1) is 12.0 Å². The van der Waals surface area contributed by atoms with Crippen molar-refractivity contribution in [2.45, 2.75) is 13.3 Å². The number of rotatable bonds is 6. The summed E-state index contributed by atoms with van der Waals surface area (Å²) in [6.07, 6.45) is 2.00. The summed E-state index contributed by atoms with van der Waals surface area (Å²) in [4.78, 5) is 26.9. The largest absolute Gasteiger partial charge is 0.468 e. The summed E-state index contributed by atoms with van der Waals surface area (Å²) < 4.78 is 4.59. The van der Waals surface area contributed by atoms with Gasteiger partial charge in [0.15, 0.2) is 0 Å². The first-order chi connectivity index (χ1) is 8.58. The number of pyridine rings is 1. The Kier molecular flexibility index (Phi) is 5.04. The van der Waals surface area contributed by atoms with E-state index < -0.39 is 4.92 Å². The minimum absolute atomic E-state index is 0.0757. The number of hydrogen-bond donors (Lipinski definition) is 0. The first-order valence-corrected chi connectivity index (χ1v) is 5.50. The van der Waals surface area contributed by atoms with Crippen LogP contribution in [0.4, 0.5) is 11.5 Å². The van der Waals surface area contributed by atoms with Gasteiger partial charge in [0, 0.05) is 12.6 Å². The molecular formula is C11H15N3O4. The number of hydrogen-bond acceptors (Lipinski definition) is 6. The fourth-order valence-corrected chi connectivity index (χ4v) is 1.44. The zero-order valence-corrected chi connectivity index (χ0v) is 10.3. The van der Waals surface area contributed by atoms with Crippen LogP contribution in [0.2, 0.25) is 0 Å². The van der Waals surface area contributed by atoms with Gasteiger partial charge in [-0.15, -0.1) is 0 Å². The van der Waals surface area contributed by atoms with E-state index >= 15 is 0 Å². The average Bonchev–Trinajstić information content (AvgIpc) is 2.38. The van der Waals surface area contributed by atoms with Gasteiger partial charge in [0.1, 0.15) is 18.6 Å². The first-order valence-electron chi connectivity index (χ1n) is 5.50. The van der Waals surface area contributed by atoms with Crippen molar-refractivity contribution in [1.29, 1.82) is 0 Å². The van der Waals surface area contributed by atoms with E-state index in [2.05, 4.69) is 9.72 Å². The number of ether oxygens (including phenoxy) is 1. The molecule has 0 aliphatic heterocycles. The molecule has 1 aromatic heterocycles. The van der Waals surface area contributed by atoms with Crippen molar-refractivity contribution in [3.8, 4) is 0 Å². The van der Waals surface area contributed by atoms with Crippen molar-refractivity contribution in [1.82, 2.24) is 4.98 Å². The van der Waals surface area contributed by atoms with E-state index in [0.29, 0.717) is 12.4 Å². The number of aromatic nitrogens is 1. The molecule has 1 aromatic rings. The Hall–Kier alpha value is -2.18. The van der Waals surface area contributed by atoms with Gasteiger partial charge in [-0.2, -0.15) is 0 Å². The molecule has 0 aliphatic carbocycles. The standard InChI is InChI=1S/C11H15N3O4/c1-3-6-13(8-11(15)18-2)10-5-4-9(7-12-10)14(16)17/h4-5,7H,3,6,8H2,1-2H3. The first kappa shape index (κ1) is 13.9. The maximum Gasteiger partial charge on any atom is 0.325 e. The SMILES string of the molecule is CCCN(CC(=O)OC)c1ccc([N+](=O)[O-])cn1. The highest BCUT2D eigenvalue weighted by Crippen LogP contribution is 2.15. The maximum atomic E-state index is 11.2. The zero-order valence-electron chi connectivity index (χ0n) is 10.3. The van der Waals surface area contributed by atoms with Gasteiger partial charge >= 0.3 is 5.97 Å². The molecule has 0 saturated carbocycles. The third-order valence-electron chi connectivity index (χ3n) is 2.31. The van der Waals surface area contributed by atoms with Crippen LogP contribution in [0.25, 0.3) is 0 Å². The van der Waals surface area contributed by atoms with E-state index in [1.165, 1.54) is 25.4 Å². The van der Waals surface area contributed by atoms with Crippen LogP contribution in [-0.4, -0.2) is 36.1 Å². The van der Waals surface area contributed by atoms with Crippen LogP contribution in [0.15, 0.2) is 18.3 Å². The Morgan fingerprint density at radius 1 is 1.56 bits per heavy atom. The number of anilines is 1. The van der Waals surface area contributed by atoms with E-state index in [0.717, 1.165) is 6.42 Å². The predicted octanol–water partition coefficient (Wildman–Crippen LogP) is 1.38. The van der Waals surface area contributed by atoms with Crippen molar-refractivity contribution in [3.05, 3.63) is 28.4 Å². The molecule has 7 heteroatoms. The van der Waals surface area contributed by atoms with Gasteiger partial charge in [-0.1, -0.05) is 6.92 Å². The van der Waals surface area contributed by atoms with Gasteiger partial charge in [0.25, 0.3) is 5.69 Å². The molecule has 0 unspecified atom stereocenters. The second-order valence-electron chi connectivity index (χ2n) is 3.63. The molecular weight excluding hydrogens is 238 g/mol. The van der Waals surface area contributed by atoms with Crippen LogP contribution in [0.1, 0.15) is 13.3 Å². The fourth-order valence-electron chi connectivity index (χ4n) is 1.44. The van der Waals surface area contributed by atoms with Crippen LogP contribution in [0.3, 0.4) is 0 Å². The number of carbonyl (C=O) groups is 1. The summed E-state index contributed by atoms with van der Waals surface area (Å²) in [5.41, 5.74) is -0.0757. The van der Waals surface area contributed by atoms with Crippen molar-refractivity contribution in [2.24, 2.45) is 0 Å². The lowest BCUT2D eigenvalue weighted by Crippen LogP contribution is -2.31. The van der Waals surface area contributed by atoms with Crippen molar-refractivity contribution >= 4 is 17.5 Å². The number of esters is 1. The molecule has 0 saturated heterocycles. The molecule has 0 aromatic carbocycles. The highest BCUT2D eigenvalue weighted by atomic mass is 16.6. The Bertz CT molecular complexity index is 419. The molecule has 0 atom stereocenters. The van der Waals surface area contributed by atoms with Crippen LogP contribution in [0, 0.1) is 10.1 Å². The predicted molar refractivity (Wildman–Crippen MR) is 65.4 cm³/mol. The molecule has 0 fully saturated rings. The topological polar surface area (TPSA) is 85.6 Å². The van der Waals surface area contributed by atoms with Crippen LogP contribution in [-0.2, 0) is 9.53 Å². The Balaban J connectivity index is 2.84. The molecule has 98 valence electrons. The molecule has 7 nitrogen and oxygen atoms in total. The fraction of sp³-hybridized carbons (Fsp3) is 0.455. The monoisotopic (exact) mass is 253 g/mol. The smallest absolute Gasteiger partial charge is 0.325 e. The molecule has 1 rings (SSSR count). The molecule has 0 aliphatic rings. The Morgan fingerprint density at radius 2 is 2.28 bits per heavy atom.